The fourth-order valence-electron chi connectivity index (χ4n) is 3.38. The van der Waals surface area contributed by atoms with Gasteiger partial charge in [0.05, 0.1) is 5.38 Å². The molecule has 102 valence electrons. The molecule has 0 spiro atoms. The Bertz CT molecular complexity index is 494. The molecule has 1 saturated carbocycles. The summed E-state index contributed by atoms with van der Waals surface area (Å²) in [6.07, 6.45) is 8.63. The molecule has 0 bridgehead atoms. The molecule has 0 amide bonds. The van der Waals surface area contributed by atoms with Crippen molar-refractivity contribution in [3.05, 3.63) is 41.5 Å². The molecule has 1 aromatic rings. The first-order chi connectivity index (χ1) is 9.03. The van der Waals surface area contributed by atoms with Gasteiger partial charge in [0.1, 0.15) is 0 Å². The van der Waals surface area contributed by atoms with E-state index in [0.717, 1.165) is 18.8 Å². The first-order valence-electron chi connectivity index (χ1n) is 7.49. The Morgan fingerprint density at radius 3 is 2.63 bits per heavy atom. The fraction of sp³-hybridized carbons (Fsp3) is 0.556. The summed E-state index contributed by atoms with van der Waals surface area (Å²) in [7, 11) is 0. The van der Waals surface area contributed by atoms with E-state index in [0.29, 0.717) is 5.41 Å². The topological polar surface area (TPSA) is 0 Å². The normalized spacial score (nSPS) is 26.7. The van der Waals surface area contributed by atoms with E-state index >= 15 is 0 Å². The molecule has 1 heteroatoms. The van der Waals surface area contributed by atoms with Crippen molar-refractivity contribution in [1.29, 1.82) is 0 Å². The summed E-state index contributed by atoms with van der Waals surface area (Å²) in [6, 6.07) is 9.16. The van der Waals surface area contributed by atoms with E-state index in [9.17, 15) is 0 Å². The lowest BCUT2D eigenvalue weighted by molar-refractivity contribution is 0.340. The van der Waals surface area contributed by atoms with Gasteiger partial charge in [0.25, 0.3) is 0 Å². The molecule has 0 aromatic heterocycles. The van der Waals surface area contributed by atoms with Crippen molar-refractivity contribution in [2.24, 2.45) is 5.41 Å². The lowest BCUT2D eigenvalue weighted by Crippen LogP contribution is -2.21. The Morgan fingerprint density at radius 1 is 1.21 bits per heavy atom. The Morgan fingerprint density at radius 2 is 2.00 bits per heavy atom. The van der Waals surface area contributed by atoms with Gasteiger partial charge in [0.2, 0.25) is 0 Å². The maximum Gasteiger partial charge on any atom is 0.0527 e. The SMILES string of the molecule is CC1(C)CC(c2cccc(C3CCC3)c2)=CC(Cl)C1. The number of benzene rings is 1. The van der Waals surface area contributed by atoms with Gasteiger partial charge < -0.3 is 0 Å². The fourth-order valence-corrected chi connectivity index (χ4v) is 3.95. The summed E-state index contributed by atoms with van der Waals surface area (Å²) in [6.45, 7) is 4.65. The van der Waals surface area contributed by atoms with E-state index in [2.05, 4.69) is 44.2 Å². The lowest BCUT2D eigenvalue weighted by atomic mass is 9.74. The number of halogens is 1. The average Bonchev–Trinajstić information content (AvgIpc) is 2.24. The number of hydrogen-bond acceptors (Lipinski definition) is 0. The molecule has 0 nitrogen and oxygen atoms in total. The van der Waals surface area contributed by atoms with E-state index in [-0.39, 0.29) is 5.38 Å². The molecule has 0 saturated heterocycles. The molecule has 1 aromatic carbocycles. The highest BCUT2D eigenvalue weighted by atomic mass is 35.5. The highest BCUT2D eigenvalue weighted by Crippen LogP contribution is 2.42. The third kappa shape index (κ3) is 2.89. The maximum absolute atomic E-state index is 6.41. The van der Waals surface area contributed by atoms with Crippen molar-refractivity contribution >= 4 is 17.2 Å². The van der Waals surface area contributed by atoms with E-state index in [1.54, 1.807) is 0 Å². The summed E-state index contributed by atoms with van der Waals surface area (Å²) in [5.74, 6) is 0.809. The van der Waals surface area contributed by atoms with Crippen molar-refractivity contribution in [1.82, 2.24) is 0 Å². The predicted octanol–water partition coefficient (Wildman–Crippen LogP) is 5.76. The molecule has 1 unspecified atom stereocenters. The molecule has 1 fully saturated rings. The number of hydrogen-bond donors (Lipinski definition) is 0. The average molecular weight is 275 g/mol. The van der Waals surface area contributed by atoms with E-state index in [1.807, 2.05) is 0 Å². The summed E-state index contributed by atoms with van der Waals surface area (Å²) in [4.78, 5) is 0. The quantitative estimate of drug-likeness (QED) is 0.601. The summed E-state index contributed by atoms with van der Waals surface area (Å²) >= 11 is 6.41. The smallest absolute Gasteiger partial charge is 0.0527 e. The van der Waals surface area contributed by atoms with E-state index < -0.39 is 0 Å². The Kier molecular flexibility index (Phi) is 3.47. The number of rotatable bonds is 2. The van der Waals surface area contributed by atoms with Crippen LogP contribution >= 0.6 is 11.6 Å². The summed E-state index contributed by atoms with van der Waals surface area (Å²) < 4.78 is 0. The van der Waals surface area contributed by atoms with Crippen LogP contribution in [-0.4, -0.2) is 5.38 Å². The number of allylic oxidation sites excluding steroid dienone is 2. The monoisotopic (exact) mass is 274 g/mol. The first-order valence-corrected chi connectivity index (χ1v) is 7.92. The molecule has 3 rings (SSSR count). The molecular weight excluding hydrogens is 252 g/mol. The van der Waals surface area contributed by atoms with Crippen LogP contribution in [0.2, 0.25) is 0 Å². The van der Waals surface area contributed by atoms with Crippen LogP contribution < -0.4 is 0 Å². The lowest BCUT2D eigenvalue weighted by Gasteiger charge is -2.33. The van der Waals surface area contributed by atoms with Gasteiger partial charge in [-0.15, -0.1) is 11.6 Å². The van der Waals surface area contributed by atoms with Gasteiger partial charge in [-0.05, 0) is 53.7 Å². The molecule has 19 heavy (non-hydrogen) atoms. The van der Waals surface area contributed by atoms with Crippen molar-refractivity contribution < 1.29 is 0 Å². The van der Waals surface area contributed by atoms with Gasteiger partial charge in [-0.25, -0.2) is 0 Å². The predicted molar refractivity (Wildman–Crippen MR) is 83.7 cm³/mol. The zero-order chi connectivity index (χ0) is 13.5. The Hall–Kier alpha value is -0.750. The van der Waals surface area contributed by atoms with Gasteiger partial charge in [-0.2, -0.15) is 0 Å². The first kappa shape index (κ1) is 13.2. The van der Waals surface area contributed by atoms with Crippen molar-refractivity contribution in [3.63, 3.8) is 0 Å². The molecular formula is C18H23Cl. The third-order valence-corrected chi connectivity index (χ3v) is 4.91. The third-order valence-electron chi connectivity index (χ3n) is 4.63. The van der Waals surface area contributed by atoms with Crippen LogP contribution in [0.15, 0.2) is 30.3 Å². The minimum absolute atomic E-state index is 0.186. The highest BCUT2D eigenvalue weighted by molar-refractivity contribution is 6.22. The maximum atomic E-state index is 6.41. The molecule has 0 N–H and O–H groups in total. The van der Waals surface area contributed by atoms with Crippen LogP contribution in [0.25, 0.3) is 5.57 Å². The van der Waals surface area contributed by atoms with Gasteiger partial charge in [0.15, 0.2) is 0 Å². The second kappa shape index (κ2) is 4.98. The van der Waals surface area contributed by atoms with Crippen LogP contribution in [0.1, 0.15) is 63.0 Å². The molecule has 0 radical (unpaired) electrons. The van der Waals surface area contributed by atoms with Gasteiger partial charge in [-0.1, -0.05) is 50.6 Å². The van der Waals surface area contributed by atoms with Crippen molar-refractivity contribution in [2.75, 3.05) is 0 Å². The largest absolute Gasteiger partial charge is 0.118 e. The zero-order valence-corrected chi connectivity index (χ0v) is 12.7. The molecule has 2 aliphatic carbocycles. The molecule has 2 aliphatic rings. The van der Waals surface area contributed by atoms with Gasteiger partial charge in [-0.3, -0.25) is 0 Å². The summed E-state index contributed by atoms with van der Waals surface area (Å²) in [5.41, 5.74) is 4.68. The van der Waals surface area contributed by atoms with Crippen LogP contribution in [0.4, 0.5) is 0 Å². The van der Waals surface area contributed by atoms with Crippen LogP contribution in [-0.2, 0) is 0 Å². The molecule has 0 aliphatic heterocycles. The van der Waals surface area contributed by atoms with Gasteiger partial charge in [0, 0.05) is 0 Å². The number of alkyl halides is 1. The minimum Gasteiger partial charge on any atom is -0.118 e. The molecule has 0 heterocycles. The van der Waals surface area contributed by atoms with Crippen molar-refractivity contribution in [3.8, 4) is 0 Å². The second-order valence-corrected chi connectivity index (χ2v) is 7.57. The standard InChI is InChI=1S/C18H23Cl/c1-18(2)11-16(10-17(19)12-18)15-8-4-7-14(9-15)13-5-3-6-13/h4,7-10,13,17H,3,5-6,11-12H2,1-2H3. The summed E-state index contributed by atoms with van der Waals surface area (Å²) in [5, 5.41) is 0.186. The highest BCUT2D eigenvalue weighted by Gasteiger charge is 2.28. The van der Waals surface area contributed by atoms with E-state index in [4.69, 9.17) is 11.6 Å². The van der Waals surface area contributed by atoms with Crippen LogP contribution in [0.3, 0.4) is 0 Å². The van der Waals surface area contributed by atoms with E-state index in [1.165, 1.54) is 36.0 Å². The minimum atomic E-state index is 0.186. The zero-order valence-electron chi connectivity index (χ0n) is 12.0. The van der Waals surface area contributed by atoms with Crippen molar-refractivity contribution in [2.45, 2.75) is 57.2 Å². The van der Waals surface area contributed by atoms with Gasteiger partial charge >= 0.3 is 0 Å². The Labute approximate surface area is 121 Å². The molecule has 1 atom stereocenters. The van der Waals surface area contributed by atoms with Crippen LogP contribution in [0.5, 0.6) is 0 Å². The second-order valence-electron chi connectivity index (χ2n) is 7.01. The Balaban J connectivity index is 1.89. The van der Waals surface area contributed by atoms with Crippen LogP contribution in [0, 0.1) is 5.41 Å².